The molecular weight excluding hydrogens is 453 g/mol. The third-order valence-corrected chi connectivity index (χ3v) is 7.99. The zero-order chi connectivity index (χ0) is 23.0. The lowest BCUT2D eigenvalue weighted by molar-refractivity contribution is 0.270. The van der Waals surface area contributed by atoms with E-state index in [1.54, 1.807) is 16.7 Å². The van der Waals surface area contributed by atoms with Gasteiger partial charge >= 0.3 is 0 Å². The van der Waals surface area contributed by atoms with Crippen molar-refractivity contribution in [2.45, 2.75) is 30.2 Å². The molecule has 1 aliphatic heterocycles. The minimum atomic E-state index is -4.12. The quantitative estimate of drug-likeness (QED) is 0.559. The normalized spacial score (nSPS) is 15.4. The summed E-state index contributed by atoms with van der Waals surface area (Å²) in [6.07, 6.45) is 1.34. The van der Waals surface area contributed by atoms with Crippen LogP contribution in [0.2, 0.25) is 5.02 Å². The zero-order valence-electron chi connectivity index (χ0n) is 18.0. The average Bonchev–Trinajstić information content (AvgIpc) is 2.79. The summed E-state index contributed by atoms with van der Waals surface area (Å²) in [6, 6.07) is 8.59. The predicted molar refractivity (Wildman–Crippen MR) is 125 cm³/mol. The van der Waals surface area contributed by atoms with Gasteiger partial charge in [0, 0.05) is 43.9 Å². The van der Waals surface area contributed by atoms with E-state index in [0.717, 1.165) is 19.6 Å². The van der Waals surface area contributed by atoms with E-state index < -0.39 is 26.0 Å². The maximum Gasteiger partial charge on any atom is 0.211 e. The molecule has 2 aromatic carbocycles. The highest BCUT2D eigenvalue weighted by Crippen LogP contribution is 2.28. The number of hydrogen-bond acceptors (Lipinski definition) is 5. The van der Waals surface area contributed by atoms with Crippen LogP contribution >= 0.6 is 11.6 Å². The first-order valence-corrected chi connectivity index (χ1v) is 12.5. The number of likely N-dealkylation sites (N-methyl/N-ethyl adjacent to an activating group) is 1. The number of pyridine rings is 1. The molecule has 1 saturated heterocycles. The Morgan fingerprint density at radius 2 is 1.75 bits per heavy atom. The van der Waals surface area contributed by atoms with E-state index in [4.69, 9.17) is 11.6 Å². The topological polar surface area (TPSA) is 62.6 Å². The van der Waals surface area contributed by atoms with Gasteiger partial charge in [-0.2, -0.15) is 0 Å². The molecule has 170 valence electrons. The lowest BCUT2D eigenvalue weighted by atomic mass is 10.1. The second kappa shape index (κ2) is 8.84. The molecule has 3 aromatic rings. The third-order valence-electron chi connectivity index (χ3n) is 6.01. The van der Waals surface area contributed by atoms with Gasteiger partial charge in [-0.05, 0) is 43.8 Å². The summed E-state index contributed by atoms with van der Waals surface area (Å²) in [6.45, 7) is 8.37. The molecule has 4 rings (SSSR count). The number of fused-ring (bicyclic) bond motifs is 1. The average molecular weight is 478 g/mol. The van der Waals surface area contributed by atoms with Gasteiger partial charge < -0.3 is 14.4 Å². The van der Waals surface area contributed by atoms with Crippen LogP contribution < -0.4 is 10.3 Å². The summed E-state index contributed by atoms with van der Waals surface area (Å²) >= 11 is 5.96. The van der Waals surface area contributed by atoms with Crippen molar-refractivity contribution in [3.05, 3.63) is 63.7 Å². The van der Waals surface area contributed by atoms with Crippen molar-refractivity contribution in [3.63, 3.8) is 0 Å². The van der Waals surface area contributed by atoms with Crippen LogP contribution in [0.3, 0.4) is 0 Å². The van der Waals surface area contributed by atoms with E-state index in [1.165, 1.54) is 30.5 Å². The Morgan fingerprint density at radius 1 is 1.03 bits per heavy atom. The molecule has 0 bridgehead atoms. The van der Waals surface area contributed by atoms with Crippen molar-refractivity contribution >= 4 is 38.0 Å². The highest BCUT2D eigenvalue weighted by atomic mass is 35.5. The molecule has 6 nitrogen and oxygen atoms in total. The molecule has 1 aliphatic rings. The minimum Gasteiger partial charge on any atom is -0.367 e. The van der Waals surface area contributed by atoms with Gasteiger partial charge in [-0.3, -0.25) is 4.79 Å². The van der Waals surface area contributed by atoms with E-state index in [-0.39, 0.29) is 15.3 Å². The molecule has 1 aromatic heterocycles. The second-order valence-electron chi connectivity index (χ2n) is 7.81. The first-order chi connectivity index (χ1) is 15.3. The number of hydrogen-bond donors (Lipinski definition) is 0. The van der Waals surface area contributed by atoms with Crippen LogP contribution in [0.5, 0.6) is 0 Å². The van der Waals surface area contributed by atoms with Crippen molar-refractivity contribution in [1.82, 2.24) is 9.47 Å². The minimum absolute atomic E-state index is 0.0448. The number of piperazine rings is 1. The van der Waals surface area contributed by atoms with Crippen LogP contribution in [0.25, 0.3) is 10.9 Å². The Morgan fingerprint density at radius 3 is 2.38 bits per heavy atom. The number of sulfone groups is 1. The SMILES string of the molecule is CCN1CCN(c2cc3c(cc2F)c(=O)c(S(=O)(=O)c2cccc(Cl)c2)cn3CC)CC1. The van der Waals surface area contributed by atoms with E-state index in [2.05, 4.69) is 11.8 Å². The van der Waals surface area contributed by atoms with Crippen molar-refractivity contribution in [3.8, 4) is 0 Å². The van der Waals surface area contributed by atoms with Gasteiger partial charge in [-0.25, -0.2) is 12.8 Å². The lowest BCUT2D eigenvalue weighted by Gasteiger charge is -2.35. The molecule has 0 atom stereocenters. The van der Waals surface area contributed by atoms with Gasteiger partial charge in [0.25, 0.3) is 0 Å². The zero-order valence-corrected chi connectivity index (χ0v) is 19.6. The van der Waals surface area contributed by atoms with Gasteiger partial charge in [0.1, 0.15) is 10.7 Å². The van der Waals surface area contributed by atoms with E-state index in [0.29, 0.717) is 30.8 Å². The predicted octanol–water partition coefficient (Wildman–Crippen LogP) is 3.79. The number of aromatic nitrogens is 1. The highest BCUT2D eigenvalue weighted by molar-refractivity contribution is 7.91. The molecule has 0 saturated carbocycles. The monoisotopic (exact) mass is 477 g/mol. The highest BCUT2D eigenvalue weighted by Gasteiger charge is 2.26. The summed E-state index contributed by atoms with van der Waals surface area (Å²) in [5.74, 6) is -0.528. The molecular formula is C23H25ClFN3O3S. The van der Waals surface area contributed by atoms with Gasteiger partial charge in [0.2, 0.25) is 15.3 Å². The van der Waals surface area contributed by atoms with Crippen LogP contribution in [0.1, 0.15) is 13.8 Å². The van der Waals surface area contributed by atoms with Crippen LogP contribution in [0.4, 0.5) is 10.1 Å². The molecule has 0 radical (unpaired) electrons. The van der Waals surface area contributed by atoms with Gasteiger partial charge in [-0.1, -0.05) is 24.6 Å². The summed E-state index contributed by atoms with van der Waals surface area (Å²) in [5.41, 5.74) is 0.225. The van der Waals surface area contributed by atoms with Crippen molar-refractivity contribution in [1.29, 1.82) is 0 Å². The fraction of sp³-hybridized carbons (Fsp3) is 0.348. The van der Waals surface area contributed by atoms with E-state index in [9.17, 15) is 13.2 Å². The van der Waals surface area contributed by atoms with Crippen LogP contribution in [-0.4, -0.2) is 50.6 Å². The van der Waals surface area contributed by atoms with Crippen LogP contribution in [0, 0.1) is 5.82 Å². The van der Waals surface area contributed by atoms with Crippen LogP contribution in [0.15, 0.2) is 57.2 Å². The lowest BCUT2D eigenvalue weighted by Crippen LogP contribution is -2.46. The Hall–Kier alpha value is -2.42. The molecule has 1 fully saturated rings. The fourth-order valence-electron chi connectivity index (χ4n) is 4.13. The van der Waals surface area contributed by atoms with Crippen molar-refractivity contribution in [2.24, 2.45) is 0 Å². The molecule has 2 heterocycles. The van der Waals surface area contributed by atoms with Gasteiger partial charge in [0.15, 0.2) is 0 Å². The Kier molecular flexibility index (Phi) is 6.29. The molecule has 9 heteroatoms. The molecule has 0 unspecified atom stereocenters. The molecule has 0 amide bonds. The number of anilines is 1. The van der Waals surface area contributed by atoms with Crippen molar-refractivity contribution < 1.29 is 12.8 Å². The summed E-state index contributed by atoms with van der Waals surface area (Å²) in [5, 5.41) is 0.296. The first-order valence-electron chi connectivity index (χ1n) is 10.6. The summed E-state index contributed by atoms with van der Waals surface area (Å²) in [4.78, 5) is 17.0. The Balaban J connectivity index is 1.86. The molecule has 0 aliphatic carbocycles. The van der Waals surface area contributed by atoms with E-state index >= 15 is 4.39 Å². The standard InChI is InChI=1S/C23H25ClFN3O3S/c1-3-26-8-10-28(11-9-26)21-14-20-18(13-19(21)25)23(29)22(15-27(20)4-2)32(30,31)17-7-5-6-16(24)12-17/h5-7,12-15H,3-4,8-11H2,1-2H3. The Labute approximate surface area is 191 Å². The van der Waals surface area contributed by atoms with E-state index in [1.807, 2.05) is 11.8 Å². The molecule has 32 heavy (non-hydrogen) atoms. The number of benzene rings is 2. The first kappa shape index (κ1) is 22.8. The summed E-state index contributed by atoms with van der Waals surface area (Å²) < 4.78 is 43.2. The fourth-order valence-corrected chi connectivity index (χ4v) is 5.80. The largest absolute Gasteiger partial charge is 0.367 e. The number of nitrogens with zero attached hydrogens (tertiary/aromatic N) is 3. The maximum absolute atomic E-state index is 15.1. The molecule has 0 N–H and O–H groups in total. The van der Waals surface area contributed by atoms with Gasteiger partial charge in [-0.15, -0.1) is 0 Å². The summed E-state index contributed by atoms with van der Waals surface area (Å²) in [7, 11) is -4.12. The molecule has 0 spiro atoms. The third kappa shape index (κ3) is 4.02. The van der Waals surface area contributed by atoms with Gasteiger partial charge in [0.05, 0.1) is 21.5 Å². The van der Waals surface area contributed by atoms with Crippen LogP contribution in [-0.2, 0) is 16.4 Å². The smallest absolute Gasteiger partial charge is 0.211 e. The van der Waals surface area contributed by atoms with Crippen molar-refractivity contribution in [2.75, 3.05) is 37.6 Å². The number of rotatable bonds is 5. The Bertz CT molecular complexity index is 1330. The number of halogens is 2. The second-order valence-corrected chi connectivity index (χ2v) is 10.2. The number of aryl methyl sites for hydroxylation is 1. The maximum atomic E-state index is 15.1.